The van der Waals surface area contributed by atoms with E-state index < -0.39 is 42.5 Å². The van der Waals surface area contributed by atoms with Crippen molar-refractivity contribution in [3.8, 4) is 0 Å². The number of anilines is 1. The van der Waals surface area contributed by atoms with Crippen molar-refractivity contribution < 1.29 is 30.6 Å². The first-order valence-electron chi connectivity index (χ1n) is 8.38. The van der Waals surface area contributed by atoms with Gasteiger partial charge in [-0.2, -0.15) is 13.2 Å². The summed E-state index contributed by atoms with van der Waals surface area (Å²) in [5.74, 6) is 0.0157. The molecule has 5 nitrogen and oxygen atoms in total. The van der Waals surface area contributed by atoms with Gasteiger partial charge in [-0.3, -0.25) is 8.93 Å². The first kappa shape index (κ1) is 24.6. The number of halogens is 5. The van der Waals surface area contributed by atoms with Gasteiger partial charge in [0.2, 0.25) is 0 Å². The Morgan fingerprint density at radius 1 is 1.13 bits per heavy atom. The van der Waals surface area contributed by atoms with E-state index in [1.54, 1.807) is 0 Å². The Morgan fingerprint density at radius 3 is 2.40 bits per heavy atom. The molecule has 0 bridgehead atoms. The third kappa shape index (κ3) is 6.44. The van der Waals surface area contributed by atoms with Gasteiger partial charge in [0, 0.05) is 17.2 Å². The van der Waals surface area contributed by atoms with E-state index in [0.29, 0.717) is 12.5 Å². The third-order valence-electron chi connectivity index (χ3n) is 3.84. The van der Waals surface area contributed by atoms with Gasteiger partial charge in [-0.15, -0.1) is 0 Å². The minimum atomic E-state index is -4.85. The number of hydrogen-bond acceptors (Lipinski definition) is 4. The lowest BCUT2D eigenvalue weighted by Gasteiger charge is -2.15. The molecular weight excluding hydrogens is 486 g/mol. The maximum Gasteiger partial charge on any atom is 0.417 e. The fourth-order valence-corrected chi connectivity index (χ4v) is 5.19. The highest BCUT2D eigenvalue weighted by molar-refractivity contribution is 7.92. The van der Waals surface area contributed by atoms with E-state index in [2.05, 4.69) is 4.72 Å². The summed E-state index contributed by atoms with van der Waals surface area (Å²) in [6.07, 6.45) is -4.31. The molecule has 0 fully saturated rings. The maximum atomic E-state index is 13.1. The van der Waals surface area contributed by atoms with Crippen molar-refractivity contribution in [2.24, 2.45) is 0 Å². The van der Waals surface area contributed by atoms with Crippen molar-refractivity contribution in [1.82, 2.24) is 0 Å². The number of alkyl halides is 3. The quantitative estimate of drug-likeness (QED) is 0.532. The van der Waals surface area contributed by atoms with Gasteiger partial charge in [0.25, 0.3) is 10.0 Å². The maximum absolute atomic E-state index is 13.1. The molecule has 0 spiro atoms. The summed E-state index contributed by atoms with van der Waals surface area (Å²) < 4.78 is 79.2. The van der Waals surface area contributed by atoms with Crippen LogP contribution in [-0.4, -0.2) is 24.2 Å². The molecule has 0 radical (unpaired) electrons. The minimum absolute atomic E-state index is 0.0766. The largest absolute Gasteiger partial charge is 0.417 e. The van der Waals surface area contributed by atoms with E-state index in [9.17, 15) is 30.6 Å². The predicted octanol–water partition coefficient (Wildman–Crippen LogP) is 5.29. The highest BCUT2D eigenvalue weighted by Gasteiger charge is 2.34. The molecule has 2 aromatic carbocycles. The van der Waals surface area contributed by atoms with Crippen LogP contribution in [0.5, 0.6) is 0 Å². The van der Waals surface area contributed by atoms with Crippen LogP contribution < -0.4 is 4.72 Å². The van der Waals surface area contributed by atoms with Crippen LogP contribution in [0.15, 0.2) is 46.2 Å². The van der Waals surface area contributed by atoms with Crippen molar-refractivity contribution in [2.45, 2.75) is 35.7 Å². The van der Waals surface area contributed by atoms with Crippen LogP contribution in [0.4, 0.5) is 18.9 Å². The molecule has 0 amide bonds. The molecule has 2 rings (SSSR count). The van der Waals surface area contributed by atoms with Crippen molar-refractivity contribution in [3.05, 3.63) is 52.0 Å². The molecular formula is C18H16Cl2F3NO4S2. The second-order valence-corrected chi connectivity index (χ2v) is 10.3. The molecule has 0 aliphatic rings. The summed E-state index contributed by atoms with van der Waals surface area (Å²) in [6, 6.07) is 6.14. The van der Waals surface area contributed by atoms with E-state index in [0.717, 1.165) is 12.1 Å². The van der Waals surface area contributed by atoms with E-state index in [1.165, 1.54) is 25.1 Å². The van der Waals surface area contributed by atoms with Gasteiger partial charge < -0.3 is 4.79 Å². The number of sulfonamides is 1. The SMILES string of the molecule is CC(=O)CCCS(=O)c1ccc(Cl)cc1NS(=O)(=O)c1ccc(Cl)c(C(F)(F)F)c1. The Kier molecular flexibility index (Phi) is 7.95. The van der Waals surface area contributed by atoms with Gasteiger partial charge in [-0.05, 0) is 49.7 Å². The second kappa shape index (κ2) is 9.67. The van der Waals surface area contributed by atoms with Gasteiger partial charge >= 0.3 is 6.18 Å². The molecule has 0 heterocycles. The monoisotopic (exact) mass is 501 g/mol. The molecule has 2 aromatic rings. The van der Waals surface area contributed by atoms with E-state index in [-0.39, 0.29) is 33.6 Å². The first-order chi connectivity index (χ1) is 13.8. The molecule has 0 aliphatic heterocycles. The molecule has 1 atom stereocenters. The number of hydrogen-bond donors (Lipinski definition) is 1. The molecule has 30 heavy (non-hydrogen) atoms. The average molecular weight is 502 g/mol. The lowest BCUT2D eigenvalue weighted by molar-refractivity contribution is -0.137. The average Bonchev–Trinajstić information content (AvgIpc) is 2.60. The Labute approximate surface area is 184 Å². The van der Waals surface area contributed by atoms with E-state index in [1.807, 2.05) is 0 Å². The number of Topliss-reactive ketones (excluding diaryl/α,β-unsaturated/α-hetero) is 1. The summed E-state index contributed by atoms with van der Waals surface area (Å²) in [6.45, 7) is 1.39. The molecule has 1 N–H and O–H groups in total. The molecule has 1 unspecified atom stereocenters. The summed E-state index contributed by atoms with van der Waals surface area (Å²) >= 11 is 11.4. The van der Waals surface area contributed by atoms with E-state index in [4.69, 9.17) is 23.2 Å². The van der Waals surface area contributed by atoms with Crippen LogP contribution in [0.25, 0.3) is 0 Å². The smallest absolute Gasteiger partial charge is 0.300 e. The lowest BCUT2D eigenvalue weighted by atomic mass is 10.2. The van der Waals surface area contributed by atoms with Crippen LogP contribution in [0.2, 0.25) is 10.0 Å². The van der Waals surface area contributed by atoms with Gasteiger partial charge in [0.1, 0.15) is 5.78 Å². The molecule has 0 saturated carbocycles. The van der Waals surface area contributed by atoms with Crippen LogP contribution in [-0.2, 0) is 31.8 Å². The minimum Gasteiger partial charge on any atom is -0.300 e. The highest BCUT2D eigenvalue weighted by atomic mass is 35.5. The van der Waals surface area contributed by atoms with Gasteiger partial charge in [-0.1, -0.05) is 23.2 Å². The number of benzene rings is 2. The van der Waals surface area contributed by atoms with Crippen LogP contribution in [0, 0.1) is 0 Å². The van der Waals surface area contributed by atoms with Crippen LogP contribution >= 0.6 is 23.2 Å². The third-order valence-corrected chi connectivity index (χ3v) is 7.28. The Balaban J connectivity index is 2.38. The fourth-order valence-electron chi connectivity index (χ4n) is 2.44. The summed E-state index contributed by atoms with van der Waals surface area (Å²) in [5, 5.41) is -0.513. The Morgan fingerprint density at radius 2 is 1.80 bits per heavy atom. The number of rotatable bonds is 8. The summed E-state index contributed by atoms with van der Waals surface area (Å²) in [4.78, 5) is 10.5. The Hall–Kier alpha value is -1.62. The van der Waals surface area contributed by atoms with Crippen molar-refractivity contribution in [2.75, 3.05) is 10.5 Å². The molecule has 0 aromatic heterocycles. The van der Waals surface area contributed by atoms with Crippen molar-refractivity contribution >= 4 is 55.5 Å². The fraction of sp³-hybridized carbons (Fsp3) is 0.278. The van der Waals surface area contributed by atoms with Gasteiger partial charge in [-0.25, -0.2) is 8.42 Å². The zero-order chi connectivity index (χ0) is 22.7. The number of carbonyl (C=O) groups is 1. The number of carbonyl (C=O) groups excluding carboxylic acids is 1. The van der Waals surface area contributed by atoms with Gasteiger partial charge in [0.05, 0.1) is 36.9 Å². The molecule has 164 valence electrons. The standard InChI is InChI=1S/C18H16Cl2F3NO4S2/c1-11(25)3-2-8-29(26)17-7-4-12(19)9-16(17)24-30(27,28)13-5-6-15(20)14(10-13)18(21,22)23/h4-7,9-10,24H,2-3,8H2,1H3. The van der Waals surface area contributed by atoms with E-state index >= 15 is 0 Å². The van der Waals surface area contributed by atoms with Crippen LogP contribution in [0.1, 0.15) is 25.3 Å². The molecule has 0 saturated heterocycles. The normalized spacial score (nSPS) is 13.1. The van der Waals surface area contributed by atoms with Gasteiger partial charge in [0.15, 0.2) is 0 Å². The lowest BCUT2D eigenvalue weighted by Crippen LogP contribution is -2.16. The van der Waals surface area contributed by atoms with Crippen molar-refractivity contribution in [1.29, 1.82) is 0 Å². The van der Waals surface area contributed by atoms with Crippen LogP contribution in [0.3, 0.4) is 0 Å². The zero-order valence-electron chi connectivity index (χ0n) is 15.4. The first-order valence-corrected chi connectivity index (χ1v) is 11.9. The highest BCUT2D eigenvalue weighted by Crippen LogP contribution is 2.36. The summed E-state index contributed by atoms with van der Waals surface area (Å²) in [5.41, 5.74) is -1.43. The van der Waals surface area contributed by atoms with Crippen molar-refractivity contribution in [3.63, 3.8) is 0 Å². The Bertz CT molecular complexity index is 1090. The predicted molar refractivity (Wildman–Crippen MR) is 110 cm³/mol. The molecule has 12 heteroatoms. The second-order valence-electron chi connectivity index (χ2n) is 6.24. The summed E-state index contributed by atoms with van der Waals surface area (Å²) in [7, 11) is -6.15. The zero-order valence-corrected chi connectivity index (χ0v) is 18.6. The topological polar surface area (TPSA) is 80.3 Å². The number of ketones is 1. The number of nitrogens with one attached hydrogen (secondary N) is 1. The molecule has 0 aliphatic carbocycles.